The van der Waals surface area contributed by atoms with Crippen LogP contribution in [-0.2, 0) is 0 Å². The van der Waals surface area contributed by atoms with E-state index in [1.165, 1.54) is 0 Å². The molecule has 2 nitrogen and oxygen atoms in total. The number of nitriles is 1. The van der Waals surface area contributed by atoms with E-state index >= 15 is 0 Å². The van der Waals surface area contributed by atoms with Crippen molar-refractivity contribution in [3.8, 4) is 6.07 Å². The molecule has 13 heavy (non-hydrogen) atoms. The summed E-state index contributed by atoms with van der Waals surface area (Å²) >= 11 is 0. The maximum atomic E-state index is 10.0. The van der Waals surface area contributed by atoms with Gasteiger partial charge in [0.15, 0.2) is 0 Å². The van der Waals surface area contributed by atoms with Gasteiger partial charge in [-0.25, -0.2) is 0 Å². The van der Waals surface area contributed by atoms with E-state index in [4.69, 9.17) is 5.26 Å². The van der Waals surface area contributed by atoms with Gasteiger partial charge in [-0.15, -0.1) is 0 Å². The van der Waals surface area contributed by atoms with Crippen LogP contribution in [0.5, 0.6) is 0 Å². The zero-order valence-corrected chi connectivity index (χ0v) is 8.58. The molecule has 1 saturated carbocycles. The number of aliphatic hydroxyl groups excluding tert-OH is 1. The predicted molar refractivity (Wildman–Crippen MR) is 52.0 cm³/mol. The van der Waals surface area contributed by atoms with Crippen molar-refractivity contribution in [2.45, 2.75) is 52.1 Å². The first-order chi connectivity index (χ1) is 6.16. The van der Waals surface area contributed by atoms with Gasteiger partial charge < -0.3 is 5.11 Å². The standard InChI is InChI=1S/C11H19NO/c1-3-9(2)10(13)11(8-12)6-4-5-7-11/h9-10,13H,3-7H2,1-2H3. The van der Waals surface area contributed by atoms with E-state index in [0.29, 0.717) is 0 Å². The summed E-state index contributed by atoms with van der Waals surface area (Å²) in [6, 6.07) is 2.34. The van der Waals surface area contributed by atoms with Gasteiger partial charge in [-0.1, -0.05) is 33.1 Å². The molecular formula is C11H19NO. The Morgan fingerprint density at radius 1 is 1.46 bits per heavy atom. The van der Waals surface area contributed by atoms with Crippen LogP contribution in [0.25, 0.3) is 0 Å². The molecule has 0 saturated heterocycles. The molecule has 0 radical (unpaired) electrons. The van der Waals surface area contributed by atoms with E-state index in [1.807, 2.05) is 6.92 Å². The third-order valence-corrected chi connectivity index (χ3v) is 3.47. The quantitative estimate of drug-likeness (QED) is 0.727. The lowest BCUT2D eigenvalue weighted by Crippen LogP contribution is -2.36. The maximum absolute atomic E-state index is 10.0. The van der Waals surface area contributed by atoms with Gasteiger partial charge in [0.1, 0.15) is 0 Å². The Hall–Kier alpha value is -0.550. The van der Waals surface area contributed by atoms with Gasteiger partial charge in [0.05, 0.1) is 17.6 Å². The second-order valence-corrected chi connectivity index (χ2v) is 4.31. The van der Waals surface area contributed by atoms with Crippen molar-refractivity contribution < 1.29 is 5.11 Å². The molecule has 0 spiro atoms. The fourth-order valence-corrected chi connectivity index (χ4v) is 2.25. The number of aliphatic hydroxyl groups is 1. The summed E-state index contributed by atoms with van der Waals surface area (Å²) < 4.78 is 0. The van der Waals surface area contributed by atoms with Crippen LogP contribution < -0.4 is 0 Å². The van der Waals surface area contributed by atoms with Crippen molar-refractivity contribution >= 4 is 0 Å². The molecule has 1 aliphatic carbocycles. The van der Waals surface area contributed by atoms with Crippen LogP contribution >= 0.6 is 0 Å². The Morgan fingerprint density at radius 2 is 2.00 bits per heavy atom. The number of rotatable bonds is 3. The molecule has 2 atom stereocenters. The summed E-state index contributed by atoms with van der Waals surface area (Å²) in [5.74, 6) is 0.248. The minimum atomic E-state index is -0.426. The highest BCUT2D eigenvalue weighted by molar-refractivity contribution is 5.07. The van der Waals surface area contributed by atoms with Gasteiger partial charge >= 0.3 is 0 Å². The van der Waals surface area contributed by atoms with Crippen molar-refractivity contribution in [2.75, 3.05) is 0 Å². The Kier molecular flexibility index (Phi) is 3.33. The fraction of sp³-hybridized carbons (Fsp3) is 0.909. The largest absolute Gasteiger partial charge is 0.391 e. The average Bonchev–Trinajstić information content (AvgIpc) is 2.65. The van der Waals surface area contributed by atoms with Gasteiger partial charge in [-0.3, -0.25) is 0 Å². The van der Waals surface area contributed by atoms with E-state index in [0.717, 1.165) is 32.1 Å². The molecule has 0 aromatic carbocycles. The summed E-state index contributed by atoms with van der Waals surface area (Å²) in [4.78, 5) is 0. The van der Waals surface area contributed by atoms with Gasteiger partial charge in [0, 0.05) is 0 Å². The van der Waals surface area contributed by atoms with E-state index < -0.39 is 11.5 Å². The average molecular weight is 181 g/mol. The fourth-order valence-electron chi connectivity index (χ4n) is 2.25. The highest BCUT2D eigenvalue weighted by atomic mass is 16.3. The lowest BCUT2D eigenvalue weighted by atomic mass is 9.76. The van der Waals surface area contributed by atoms with Crippen LogP contribution in [0.3, 0.4) is 0 Å². The van der Waals surface area contributed by atoms with E-state index in [9.17, 15) is 5.11 Å². The molecule has 2 unspecified atom stereocenters. The molecule has 1 aliphatic rings. The minimum absolute atomic E-state index is 0.248. The zero-order valence-electron chi connectivity index (χ0n) is 8.58. The smallest absolute Gasteiger partial charge is 0.0834 e. The topological polar surface area (TPSA) is 44.0 Å². The molecule has 0 aromatic rings. The number of nitrogens with zero attached hydrogens (tertiary/aromatic N) is 1. The summed E-state index contributed by atoms with van der Waals surface area (Å²) in [5, 5.41) is 19.2. The molecule has 0 aliphatic heterocycles. The highest BCUT2D eigenvalue weighted by Crippen LogP contribution is 2.43. The van der Waals surface area contributed by atoms with E-state index in [1.54, 1.807) is 0 Å². The molecule has 2 heteroatoms. The van der Waals surface area contributed by atoms with Crippen LogP contribution in [0.1, 0.15) is 46.0 Å². The van der Waals surface area contributed by atoms with Crippen LogP contribution in [0, 0.1) is 22.7 Å². The SMILES string of the molecule is CCC(C)C(O)C1(C#N)CCCC1. The molecule has 1 fully saturated rings. The summed E-state index contributed by atoms with van der Waals surface area (Å²) in [5.41, 5.74) is -0.421. The van der Waals surface area contributed by atoms with Crippen LogP contribution in [-0.4, -0.2) is 11.2 Å². The van der Waals surface area contributed by atoms with Crippen molar-refractivity contribution in [1.82, 2.24) is 0 Å². The third kappa shape index (κ3) is 1.86. The van der Waals surface area contributed by atoms with Crippen molar-refractivity contribution in [1.29, 1.82) is 5.26 Å². The van der Waals surface area contributed by atoms with Gasteiger partial charge in [-0.05, 0) is 18.8 Å². The summed E-state index contributed by atoms with van der Waals surface area (Å²) in [6.45, 7) is 4.09. The molecule has 1 rings (SSSR count). The number of hydrogen-bond acceptors (Lipinski definition) is 2. The summed E-state index contributed by atoms with van der Waals surface area (Å²) in [7, 11) is 0. The molecule has 0 heterocycles. The molecule has 74 valence electrons. The normalized spacial score (nSPS) is 25.1. The maximum Gasteiger partial charge on any atom is 0.0834 e. The Balaban J connectivity index is 2.71. The monoisotopic (exact) mass is 181 g/mol. The first-order valence-electron chi connectivity index (χ1n) is 5.25. The Labute approximate surface area is 80.6 Å². The van der Waals surface area contributed by atoms with Gasteiger partial charge in [-0.2, -0.15) is 5.26 Å². The minimum Gasteiger partial charge on any atom is -0.391 e. The third-order valence-electron chi connectivity index (χ3n) is 3.47. The molecular weight excluding hydrogens is 162 g/mol. The van der Waals surface area contributed by atoms with Crippen LogP contribution in [0.4, 0.5) is 0 Å². The van der Waals surface area contributed by atoms with Crippen molar-refractivity contribution in [3.63, 3.8) is 0 Å². The van der Waals surface area contributed by atoms with Crippen LogP contribution in [0.15, 0.2) is 0 Å². The first-order valence-corrected chi connectivity index (χ1v) is 5.25. The van der Waals surface area contributed by atoms with E-state index in [2.05, 4.69) is 13.0 Å². The molecule has 0 bridgehead atoms. The second-order valence-electron chi connectivity index (χ2n) is 4.31. The highest BCUT2D eigenvalue weighted by Gasteiger charge is 2.42. The van der Waals surface area contributed by atoms with Crippen molar-refractivity contribution in [3.05, 3.63) is 0 Å². The zero-order chi connectivity index (χ0) is 9.90. The van der Waals surface area contributed by atoms with Gasteiger partial charge in [0.2, 0.25) is 0 Å². The second kappa shape index (κ2) is 4.11. The van der Waals surface area contributed by atoms with Gasteiger partial charge in [0.25, 0.3) is 0 Å². The van der Waals surface area contributed by atoms with Crippen LogP contribution in [0.2, 0.25) is 0 Å². The first kappa shape index (κ1) is 10.5. The lowest BCUT2D eigenvalue weighted by molar-refractivity contribution is 0.0210. The molecule has 1 N–H and O–H groups in total. The van der Waals surface area contributed by atoms with E-state index in [-0.39, 0.29) is 5.92 Å². The molecule has 0 amide bonds. The van der Waals surface area contributed by atoms with Crippen molar-refractivity contribution in [2.24, 2.45) is 11.3 Å². The Bertz CT molecular complexity index is 201. The molecule has 0 aromatic heterocycles. The Morgan fingerprint density at radius 3 is 2.38 bits per heavy atom. The predicted octanol–water partition coefficient (Wildman–Crippen LogP) is 2.48. The summed E-state index contributed by atoms with van der Waals surface area (Å²) in [6.07, 6.45) is 4.49. The lowest BCUT2D eigenvalue weighted by Gasteiger charge is -2.30. The number of hydrogen-bond donors (Lipinski definition) is 1.